The van der Waals surface area contributed by atoms with Crippen LogP contribution in [0, 0.1) is 5.92 Å². The van der Waals surface area contributed by atoms with Gasteiger partial charge in [0, 0.05) is 13.1 Å². The fourth-order valence-corrected chi connectivity index (χ4v) is 2.38. The van der Waals surface area contributed by atoms with Crippen molar-refractivity contribution in [3.05, 3.63) is 17.5 Å². The maximum atomic E-state index is 4.70. The molecule has 0 aromatic carbocycles. The molecule has 0 fully saturated rings. The van der Waals surface area contributed by atoms with Crippen molar-refractivity contribution in [2.24, 2.45) is 5.92 Å². The van der Waals surface area contributed by atoms with Gasteiger partial charge in [0.1, 0.15) is 0 Å². The standard InChI is InChI=1S/C12H21N3/c1-9(2)5-11-6-12-8-14(4)7-10(3)15(12)13-11/h6,9-10H,5,7-8H2,1-4H3. The maximum absolute atomic E-state index is 4.70. The Morgan fingerprint density at radius 3 is 2.93 bits per heavy atom. The summed E-state index contributed by atoms with van der Waals surface area (Å²) in [6.45, 7) is 8.87. The van der Waals surface area contributed by atoms with E-state index in [0.717, 1.165) is 19.5 Å². The van der Waals surface area contributed by atoms with E-state index in [1.165, 1.54) is 11.4 Å². The number of nitrogens with zero attached hydrogens (tertiary/aromatic N) is 3. The summed E-state index contributed by atoms with van der Waals surface area (Å²) in [5.41, 5.74) is 2.62. The van der Waals surface area contributed by atoms with Crippen molar-refractivity contribution in [3.63, 3.8) is 0 Å². The van der Waals surface area contributed by atoms with E-state index in [1.54, 1.807) is 0 Å². The highest BCUT2D eigenvalue weighted by Crippen LogP contribution is 2.21. The number of fused-ring (bicyclic) bond motifs is 1. The minimum atomic E-state index is 0.514. The van der Waals surface area contributed by atoms with Gasteiger partial charge in [-0.1, -0.05) is 13.8 Å². The topological polar surface area (TPSA) is 21.1 Å². The predicted octanol–water partition coefficient (Wildman–Crippen LogP) is 2.09. The molecule has 0 aliphatic carbocycles. The van der Waals surface area contributed by atoms with Gasteiger partial charge in [-0.25, -0.2) is 0 Å². The molecule has 0 saturated carbocycles. The first kappa shape index (κ1) is 10.7. The van der Waals surface area contributed by atoms with E-state index in [2.05, 4.69) is 43.5 Å². The molecule has 0 bridgehead atoms. The van der Waals surface area contributed by atoms with E-state index in [1.807, 2.05) is 0 Å². The number of rotatable bonds is 2. The fourth-order valence-electron chi connectivity index (χ4n) is 2.38. The molecule has 0 amide bonds. The van der Waals surface area contributed by atoms with Crippen LogP contribution in [0.4, 0.5) is 0 Å². The molecule has 84 valence electrons. The first-order valence-corrected chi connectivity index (χ1v) is 5.82. The van der Waals surface area contributed by atoms with Gasteiger partial charge in [0.2, 0.25) is 0 Å². The van der Waals surface area contributed by atoms with Crippen molar-refractivity contribution in [1.82, 2.24) is 14.7 Å². The number of hydrogen-bond donors (Lipinski definition) is 0. The van der Waals surface area contributed by atoms with Crippen LogP contribution >= 0.6 is 0 Å². The van der Waals surface area contributed by atoms with Crippen LogP contribution in [0.15, 0.2) is 6.07 Å². The molecular formula is C12H21N3. The molecule has 1 unspecified atom stereocenters. The average Bonchev–Trinajstić information content (AvgIpc) is 2.45. The van der Waals surface area contributed by atoms with Crippen LogP contribution in [0.1, 0.15) is 38.2 Å². The van der Waals surface area contributed by atoms with Crippen molar-refractivity contribution in [2.75, 3.05) is 13.6 Å². The monoisotopic (exact) mass is 207 g/mol. The molecule has 0 radical (unpaired) electrons. The summed E-state index contributed by atoms with van der Waals surface area (Å²) in [4.78, 5) is 2.36. The van der Waals surface area contributed by atoms with Crippen LogP contribution in [-0.2, 0) is 13.0 Å². The molecule has 2 rings (SSSR count). The Morgan fingerprint density at radius 1 is 1.53 bits per heavy atom. The second-order valence-corrected chi connectivity index (χ2v) is 5.22. The summed E-state index contributed by atoms with van der Waals surface area (Å²) >= 11 is 0. The molecule has 1 aromatic rings. The number of aromatic nitrogens is 2. The Labute approximate surface area is 92.1 Å². The summed E-state index contributed by atoms with van der Waals surface area (Å²) < 4.78 is 2.21. The highest BCUT2D eigenvalue weighted by atomic mass is 15.4. The molecule has 0 saturated heterocycles. The Balaban J connectivity index is 2.23. The summed E-state index contributed by atoms with van der Waals surface area (Å²) in [5.74, 6) is 0.690. The Kier molecular flexibility index (Phi) is 2.83. The van der Waals surface area contributed by atoms with Crippen LogP contribution in [0.5, 0.6) is 0 Å². The number of hydrogen-bond acceptors (Lipinski definition) is 2. The zero-order valence-electron chi connectivity index (χ0n) is 10.2. The molecule has 2 heterocycles. The lowest BCUT2D eigenvalue weighted by Crippen LogP contribution is -2.33. The van der Waals surface area contributed by atoms with E-state index >= 15 is 0 Å². The van der Waals surface area contributed by atoms with Crippen molar-refractivity contribution in [1.29, 1.82) is 0 Å². The van der Waals surface area contributed by atoms with Gasteiger partial charge in [0.25, 0.3) is 0 Å². The van der Waals surface area contributed by atoms with E-state index in [9.17, 15) is 0 Å². The maximum Gasteiger partial charge on any atom is 0.0630 e. The van der Waals surface area contributed by atoms with Gasteiger partial charge >= 0.3 is 0 Å². The van der Waals surface area contributed by atoms with E-state index in [-0.39, 0.29) is 0 Å². The first-order valence-electron chi connectivity index (χ1n) is 5.82. The van der Waals surface area contributed by atoms with Crippen LogP contribution in [-0.4, -0.2) is 28.3 Å². The molecule has 1 aliphatic heterocycles. The third-order valence-corrected chi connectivity index (χ3v) is 2.91. The Hall–Kier alpha value is -0.830. The minimum absolute atomic E-state index is 0.514. The van der Waals surface area contributed by atoms with Crippen LogP contribution < -0.4 is 0 Å². The van der Waals surface area contributed by atoms with Crippen LogP contribution in [0.2, 0.25) is 0 Å². The van der Waals surface area contributed by atoms with Gasteiger partial charge in [-0.2, -0.15) is 5.10 Å². The van der Waals surface area contributed by atoms with Crippen LogP contribution in [0.25, 0.3) is 0 Å². The third kappa shape index (κ3) is 2.23. The number of likely N-dealkylation sites (N-methyl/N-ethyl adjacent to an activating group) is 1. The van der Waals surface area contributed by atoms with Crippen molar-refractivity contribution in [2.45, 2.75) is 39.8 Å². The second kappa shape index (κ2) is 3.97. The van der Waals surface area contributed by atoms with E-state index in [4.69, 9.17) is 5.10 Å². The first-order chi connectivity index (χ1) is 7.06. The summed E-state index contributed by atoms with van der Waals surface area (Å²) in [6, 6.07) is 2.78. The largest absolute Gasteiger partial charge is 0.298 e. The van der Waals surface area contributed by atoms with Gasteiger partial charge < -0.3 is 0 Å². The van der Waals surface area contributed by atoms with E-state index < -0.39 is 0 Å². The van der Waals surface area contributed by atoms with Crippen molar-refractivity contribution >= 4 is 0 Å². The van der Waals surface area contributed by atoms with Gasteiger partial charge in [0.15, 0.2) is 0 Å². The lowest BCUT2D eigenvalue weighted by molar-refractivity contribution is 0.220. The molecule has 1 aromatic heterocycles. The predicted molar refractivity (Wildman–Crippen MR) is 61.8 cm³/mol. The van der Waals surface area contributed by atoms with Gasteiger partial charge in [-0.05, 0) is 32.4 Å². The summed E-state index contributed by atoms with van der Waals surface area (Å²) in [5, 5.41) is 4.70. The van der Waals surface area contributed by atoms with Crippen LogP contribution in [0.3, 0.4) is 0 Å². The SMILES string of the molecule is CC(C)Cc1cc2n(n1)C(C)CN(C)C2. The van der Waals surface area contributed by atoms with Gasteiger partial charge in [0.05, 0.1) is 17.4 Å². The third-order valence-electron chi connectivity index (χ3n) is 2.91. The zero-order chi connectivity index (χ0) is 11.0. The summed E-state index contributed by atoms with van der Waals surface area (Å²) in [6.07, 6.45) is 1.09. The average molecular weight is 207 g/mol. The molecule has 1 aliphatic rings. The molecular weight excluding hydrogens is 186 g/mol. The Bertz CT molecular complexity index is 341. The second-order valence-electron chi connectivity index (χ2n) is 5.22. The molecule has 0 N–H and O–H groups in total. The van der Waals surface area contributed by atoms with Gasteiger partial charge in [-0.15, -0.1) is 0 Å². The molecule has 1 atom stereocenters. The van der Waals surface area contributed by atoms with Gasteiger partial charge in [-0.3, -0.25) is 9.58 Å². The smallest absolute Gasteiger partial charge is 0.0630 e. The minimum Gasteiger partial charge on any atom is -0.298 e. The normalized spacial score (nSPS) is 22.1. The fraction of sp³-hybridized carbons (Fsp3) is 0.750. The molecule has 15 heavy (non-hydrogen) atoms. The molecule has 3 nitrogen and oxygen atoms in total. The highest BCUT2D eigenvalue weighted by molar-refractivity contribution is 5.13. The lowest BCUT2D eigenvalue weighted by atomic mass is 10.1. The van der Waals surface area contributed by atoms with Crippen molar-refractivity contribution < 1.29 is 0 Å². The van der Waals surface area contributed by atoms with Crippen molar-refractivity contribution in [3.8, 4) is 0 Å². The van der Waals surface area contributed by atoms with E-state index in [0.29, 0.717) is 12.0 Å². The zero-order valence-corrected chi connectivity index (χ0v) is 10.2. The highest BCUT2D eigenvalue weighted by Gasteiger charge is 2.21. The molecule has 0 spiro atoms. The lowest BCUT2D eigenvalue weighted by Gasteiger charge is -2.28. The Morgan fingerprint density at radius 2 is 2.27 bits per heavy atom. The summed E-state index contributed by atoms with van der Waals surface area (Å²) in [7, 11) is 2.18. The molecule has 3 heteroatoms. The quantitative estimate of drug-likeness (QED) is 0.740.